The van der Waals surface area contributed by atoms with Gasteiger partial charge in [-0.2, -0.15) is 14.5 Å². The highest BCUT2D eigenvalue weighted by molar-refractivity contribution is 5.88. The Morgan fingerprint density at radius 1 is 1.27 bits per heavy atom. The molecule has 0 radical (unpaired) electrons. The zero-order valence-corrected chi connectivity index (χ0v) is 16.1. The van der Waals surface area contributed by atoms with E-state index in [1.54, 1.807) is 19.1 Å². The Morgan fingerprint density at radius 3 is 2.90 bits per heavy atom. The summed E-state index contributed by atoms with van der Waals surface area (Å²) < 4.78 is 39.8. The Labute approximate surface area is 170 Å². The Morgan fingerprint density at radius 2 is 2.10 bits per heavy atom. The topological polar surface area (TPSA) is 102 Å². The second-order valence-corrected chi connectivity index (χ2v) is 6.57. The Bertz CT molecular complexity index is 1160. The van der Waals surface area contributed by atoms with E-state index in [0.29, 0.717) is 12.0 Å². The van der Waals surface area contributed by atoms with Crippen LogP contribution < -0.4 is 10.1 Å². The Hall–Kier alpha value is -3.82. The van der Waals surface area contributed by atoms with Gasteiger partial charge in [-0.1, -0.05) is 17.7 Å². The number of hydrogen-bond acceptors (Lipinski definition) is 7. The summed E-state index contributed by atoms with van der Waals surface area (Å²) in [7, 11) is 0. The third-order valence-electron chi connectivity index (χ3n) is 4.38. The van der Waals surface area contributed by atoms with E-state index in [1.165, 1.54) is 12.1 Å². The van der Waals surface area contributed by atoms with Gasteiger partial charge in [-0.05, 0) is 31.9 Å². The fraction of sp³-hybridized carbons (Fsp3) is 0.200. The summed E-state index contributed by atoms with van der Waals surface area (Å²) >= 11 is 0. The van der Waals surface area contributed by atoms with Gasteiger partial charge in [0, 0.05) is 11.6 Å². The third-order valence-corrected chi connectivity index (χ3v) is 4.38. The smallest absolute Gasteiger partial charge is 0.356 e. The molecule has 0 saturated carbocycles. The normalized spacial score (nSPS) is 12.3. The first-order valence-electron chi connectivity index (χ1n) is 9.12. The molecule has 0 aliphatic heterocycles. The number of nitrogens with one attached hydrogen (secondary N) is 2. The molecule has 0 saturated heterocycles. The molecular formula is C20H17F2N5O3. The molecule has 4 rings (SSSR count). The lowest BCUT2D eigenvalue weighted by Gasteiger charge is -2.11. The highest BCUT2D eigenvalue weighted by Crippen LogP contribution is 2.35. The Kier molecular flexibility index (Phi) is 5.13. The lowest BCUT2D eigenvalue weighted by atomic mass is 10.1. The number of aromatic amines is 1. The van der Waals surface area contributed by atoms with E-state index in [4.69, 9.17) is 9.47 Å². The first-order chi connectivity index (χ1) is 14.5. The van der Waals surface area contributed by atoms with E-state index in [9.17, 15) is 13.6 Å². The highest BCUT2D eigenvalue weighted by atomic mass is 19.1. The van der Waals surface area contributed by atoms with Crippen molar-refractivity contribution in [3.05, 3.63) is 58.6 Å². The monoisotopic (exact) mass is 413 g/mol. The Balaban J connectivity index is 1.56. The number of carbonyl (C=O) groups is 1. The molecule has 8 nitrogen and oxygen atoms in total. The minimum Gasteiger partial charge on any atom is -0.461 e. The number of anilines is 2. The number of hydrogen-bond donors (Lipinski definition) is 2. The minimum absolute atomic E-state index is 0.0915. The lowest BCUT2D eigenvalue weighted by molar-refractivity contribution is 0.0519. The lowest BCUT2D eigenvalue weighted by Crippen LogP contribution is -2.04. The van der Waals surface area contributed by atoms with E-state index in [-0.39, 0.29) is 29.7 Å². The molecule has 0 bridgehead atoms. The van der Waals surface area contributed by atoms with Gasteiger partial charge in [0.25, 0.3) is 5.88 Å². The van der Waals surface area contributed by atoms with Crippen LogP contribution in [0.3, 0.4) is 0 Å². The molecule has 2 aromatic heterocycles. The number of benzene rings is 1. The molecule has 1 aliphatic carbocycles. The van der Waals surface area contributed by atoms with E-state index >= 15 is 0 Å². The fourth-order valence-electron chi connectivity index (χ4n) is 3.04. The average Bonchev–Trinajstić information content (AvgIpc) is 3.34. The summed E-state index contributed by atoms with van der Waals surface area (Å²) in [6.45, 7) is 3.79. The van der Waals surface area contributed by atoms with Crippen LogP contribution in [0.2, 0.25) is 0 Å². The number of allylic oxidation sites excluding steroid dienone is 1. The molecule has 0 spiro atoms. The average molecular weight is 413 g/mol. The van der Waals surface area contributed by atoms with Crippen molar-refractivity contribution >= 4 is 23.7 Å². The van der Waals surface area contributed by atoms with E-state index in [1.807, 2.05) is 6.92 Å². The number of halogens is 2. The van der Waals surface area contributed by atoms with Gasteiger partial charge in [-0.25, -0.2) is 14.2 Å². The minimum atomic E-state index is -0.940. The number of rotatable bonds is 6. The van der Waals surface area contributed by atoms with Crippen molar-refractivity contribution in [3.63, 3.8) is 0 Å². The maximum Gasteiger partial charge on any atom is 0.356 e. The molecule has 1 aromatic carbocycles. The van der Waals surface area contributed by atoms with E-state index in [0.717, 1.165) is 17.5 Å². The standard InChI is InChI=1S/C20H17F2N5O3/c1-3-29-20(28)13-8-15(27-26-13)25-18-17(22)19(24-9-23-18)30-14-5-4-11-6-10(2)7-12(11)16(14)21/h4-5,7-9H,3,6H2,1-2H3,(H2,23,24,25,26,27). The molecular weight excluding hydrogens is 396 g/mol. The van der Waals surface area contributed by atoms with E-state index < -0.39 is 23.5 Å². The van der Waals surface area contributed by atoms with Gasteiger partial charge in [0.15, 0.2) is 23.2 Å². The van der Waals surface area contributed by atoms with Gasteiger partial charge < -0.3 is 14.8 Å². The maximum absolute atomic E-state index is 14.8. The molecule has 3 aromatic rings. The summed E-state index contributed by atoms with van der Waals surface area (Å²) in [4.78, 5) is 19.2. The number of carbonyl (C=O) groups excluding carboxylic acids is 1. The zero-order chi connectivity index (χ0) is 21.3. The van der Waals surface area contributed by atoms with Crippen molar-refractivity contribution in [2.75, 3.05) is 11.9 Å². The zero-order valence-electron chi connectivity index (χ0n) is 16.1. The number of H-pyrrole nitrogens is 1. The molecule has 2 heterocycles. The van der Waals surface area contributed by atoms with Gasteiger partial charge in [-0.3, -0.25) is 5.10 Å². The molecule has 0 atom stereocenters. The summed E-state index contributed by atoms with van der Waals surface area (Å²) in [6, 6.07) is 4.52. The number of aromatic nitrogens is 4. The van der Waals surface area contributed by atoms with Gasteiger partial charge in [-0.15, -0.1) is 0 Å². The van der Waals surface area contributed by atoms with E-state index in [2.05, 4.69) is 25.5 Å². The summed E-state index contributed by atoms with van der Waals surface area (Å²) in [5.41, 5.74) is 2.40. The third kappa shape index (κ3) is 3.71. The number of esters is 1. The van der Waals surface area contributed by atoms with Gasteiger partial charge in [0.1, 0.15) is 12.0 Å². The molecule has 30 heavy (non-hydrogen) atoms. The van der Waals surface area contributed by atoms with Crippen molar-refractivity contribution in [1.82, 2.24) is 20.2 Å². The fourth-order valence-corrected chi connectivity index (χ4v) is 3.04. The number of nitrogens with zero attached hydrogens (tertiary/aromatic N) is 3. The van der Waals surface area contributed by atoms with Crippen LogP contribution in [0.25, 0.3) is 6.08 Å². The summed E-state index contributed by atoms with van der Waals surface area (Å²) in [5.74, 6) is -2.83. The van der Waals surface area contributed by atoms with Crippen molar-refractivity contribution in [2.45, 2.75) is 20.3 Å². The van der Waals surface area contributed by atoms with Crippen molar-refractivity contribution in [1.29, 1.82) is 0 Å². The molecule has 0 unspecified atom stereocenters. The van der Waals surface area contributed by atoms with Crippen LogP contribution in [0.5, 0.6) is 11.6 Å². The first kappa shape index (κ1) is 19.5. The second kappa shape index (κ2) is 7.90. The van der Waals surface area contributed by atoms with Gasteiger partial charge in [0.2, 0.25) is 5.82 Å². The van der Waals surface area contributed by atoms with Crippen molar-refractivity contribution < 1.29 is 23.0 Å². The first-order valence-corrected chi connectivity index (χ1v) is 9.12. The van der Waals surface area contributed by atoms with Crippen molar-refractivity contribution in [3.8, 4) is 11.6 Å². The van der Waals surface area contributed by atoms with Crippen LogP contribution in [0, 0.1) is 11.6 Å². The molecule has 0 amide bonds. The second-order valence-electron chi connectivity index (χ2n) is 6.57. The maximum atomic E-state index is 14.8. The van der Waals surface area contributed by atoms with Gasteiger partial charge in [0.05, 0.1) is 6.61 Å². The number of fused-ring (bicyclic) bond motifs is 1. The summed E-state index contributed by atoms with van der Waals surface area (Å²) in [5, 5.41) is 8.96. The molecule has 10 heteroatoms. The molecule has 0 fully saturated rings. The van der Waals surface area contributed by atoms with Crippen LogP contribution in [0.15, 0.2) is 30.1 Å². The summed E-state index contributed by atoms with van der Waals surface area (Å²) in [6.07, 6.45) is 3.47. The van der Waals surface area contributed by atoms with Crippen LogP contribution in [-0.4, -0.2) is 32.7 Å². The van der Waals surface area contributed by atoms with Crippen molar-refractivity contribution in [2.24, 2.45) is 0 Å². The van der Waals surface area contributed by atoms with Crippen LogP contribution >= 0.6 is 0 Å². The number of ether oxygens (including phenoxy) is 2. The molecule has 1 aliphatic rings. The van der Waals surface area contributed by atoms with Crippen LogP contribution in [0.4, 0.5) is 20.4 Å². The molecule has 2 N–H and O–H groups in total. The van der Waals surface area contributed by atoms with Crippen LogP contribution in [-0.2, 0) is 11.2 Å². The molecule has 154 valence electrons. The predicted molar refractivity (Wildman–Crippen MR) is 104 cm³/mol. The largest absolute Gasteiger partial charge is 0.461 e. The van der Waals surface area contributed by atoms with Gasteiger partial charge >= 0.3 is 5.97 Å². The SMILES string of the molecule is CCOC(=O)c1cc(Nc2ncnc(Oc3ccc4c(c3F)C=C(C)C4)c2F)n[nH]1. The highest BCUT2D eigenvalue weighted by Gasteiger charge is 2.21. The van der Waals surface area contributed by atoms with Crippen LogP contribution in [0.1, 0.15) is 35.5 Å². The predicted octanol–water partition coefficient (Wildman–Crippen LogP) is 4.15. The quantitative estimate of drug-likeness (QED) is 0.585.